The van der Waals surface area contributed by atoms with Gasteiger partial charge in [0.25, 0.3) is 5.91 Å². The second-order valence-electron chi connectivity index (χ2n) is 4.59. The Bertz CT molecular complexity index is 434. The molecule has 22 heavy (non-hydrogen) atoms. The van der Waals surface area contributed by atoms with Crippen LogP contribution in [-0.2, 0) is 9.59 Å². The molecule has 1 saturated heterocycles. The minimum absolute atomic E-state index is 0.241. The van der Waals surface area contributed by atoms with Crippen LogP contribution in [-0.4, -0.2) is 54.1 Å². The second kappa shape index (κ2) is 6.24. The molecule has 0 aromatic rings. The van der Waals surface area contributed by atoms with Gasteiger partial charge in [-0.2, -0.15) is 35.1 Å². The van der Waals surface area contributed by atoms with Crippen LogP contribution in [0.5, 0.6) is 0 Å². The minimum Gasteiger partial charge on any atom is -0.344 e. The topological polar surface area (TPSA) is 49.4 Å². The average Bonchev–Trinajstić information content (AvgIpc) is 2.35. The lowest BCUT2D eigenvalue weighted by Crippen LogP contribution is -2.60. The first-order valence-electron chi connectivity index (χ1n) is 5.87. The molecule has 1 fully saturated rings. The van der Waals surface area contributed by atoms with E-state index in [1.54, 1.807) is 0 Å². The molecule has 2 amide bonds. The third-order valence-corrected chi connectivity index (χ3v) is 3.02. The zero-order chi connectivity index (χ0) is 17.3. The Balaban J connectivity index is 2.87. The molecule has 0 radical (unpaired) electrons. The van der Waals surface area contributed by atoms with Crippen molar-refractivity contribution >= 4 is 11.8 Å². The number of piperidine rings is 1. The van der Waals surface area contributed by atoms with E-state index in [2.05, 4.69) is 0 Å². The maximum atomic E-state index is 12.7. The van der Waals surface area contributed by atoms with Gasteiger partial charge in [0, 0.05) is 12.6 Å². The van der Waals surface area contributed by atoms with Gasteiger partial charge in [-0.3, -0.25) is 9.59 Å². The van der Waals surface area contributed by atoms with E-state index in [0.717, 1.165) is 0 Å². The molecular weight excluding hydrogens is 332 g/mol. The van der Waals surface area contributed by atoms with Gasteiger partial charge in [-0.05, 0) is 12.8 Å². The molecule has 2 atom stereocenters. The first kappa shape index (κ1) is 18.4. The fourth-order valence-electron chi connectivity index (χ4n) is 2.07. The van der Waals surface area contributed by atoms with Crippen molar-refractivity contribution in [3.63, 3.8) is 0 Å². The molecule has 1 aliphatic rings. The summed E-state index contributed by atoms with van der Waals surface area (Å²) in [5.74, 6) is -4.55. The zero-order valence-corrected chi connectivity index (χ0v) is 10.6. The van der Waals surface area contributed by atoms with E-state index in [9.17, 15) is 44.7 Å². The summed E-state index contributed by atoms with van der Waals surface area (Å²) in [7, 11) is 0. The summed E-state index contributed by atoms with van der Waals surface area (Å²) in [6, 6.07) is -4.01. The predicted molar refractivity (Wildman–Crippen MR) is 54.8 cm³/mol. The van der Waals surface area contributed by atoms with Gasteiger partial charge < -0.3 is 10.2 Å². The average molecular weight is 342 g/mol. The fraction of sp³-hybridized carbons (Fsp3) is 0.800. The Labute approximate surface area is 118 Å². The van der Waals surface area contributed by atoms with Gasteiger partial charge in [-0.25, -0.2) is 0 Å². The summed E-state index contributed by atoms with van der Waals surface area (Å²) in [6.07, 6.45) is -15.4. The largest absolute Gasteiger partial charge is 0.471 e. The summed E-state index contributed by atoms with van der Waals surface area (Å²) in [4.78, 5) is 21.6. The SMILES string of the molecule is O=C(C(F)F)N1C[C@H](NC(=O)C(F)(F)F)CC[C@@H]1C(F)(F)F. The van der Waals surface area contributed by atoms with E-state index in [-0.39, 0.29) is 4.90 Å². The van der Waals surface area contributed by atoms with Crippen molar-refractivity contribution in [1.29, 1.82) is 0 Å². The number of halogens is 8. The van der Waals surface area contributed by atoms with Crippen LogP contribution in [0.15, 0.2) is 0 Å². The van der Waals surface area contributed by atoms with E-state index < -0.39 is 62.1 Å². The Kier molecular flexibility index (Phi) is 5.23. The fourth-order valence-corrected chi connectivity index (χ4v) is 2.07. The zero-order valence-electron chi connectivity index (χ0n) is 10.6. The van der Waals surface area contributed by atoms with Gasteiger partial charge in [0.05, 0.1) is 0 Å². The van der Waals surface area contributed by atoms with E-state index in [1.165, 1.54) is 5.32 Å². The molecule has 1 heterocycles. The highest BCUT2D eigenvalue weighted by atomic mass is 19.4. The van der Waals surface area contributed by atoms with Gasteiger partial charge in [0.2, 0.25) is 0 Å². The highest BCUT2D eigenvalue weighted by Gasteiger charge is 2.50. The van der Waals surface area contributed by atoms with Gasteiger partial charge >= 0.3 is 24.7 Å². The first-order chi connectivity index (χ1) is 9.84. The molecule has 1 rings (SSSR count). The predicted octanol–water partition coefficient (Wildman–Crippen LogP) is 1.85. The lowest BCUT2D eigenvalue weighted by atomic mass is 9.97. The smallest absolute Gasteiger partial charge is 0.344 e. The van der Waals surface area contributed by atoms with E-state index in [1.807, 2.05) is 0 Å². The number of rotatable bonds is 2. The molecule has 1 aliphatic heterocycles. The first-order valence-corrected chi connectivity index (χ1v) is 5.87. The standard InChI is InChI=1S/C10H10F8N2O2/c11-6(12)7(21)20-3-4(19-8(22)10(16,17)18)1-2-5(20)9(13,14)15/h4-6H,1-3H2,(H,19,22)/t4-,5-/m1/s1. The number of likely N-dealkylation sites (tertiary alicyclic amines) is 1. The van der Waals surface area contributed by atoms with Crippen molar-refractivity contribution in [2.75, 3.05) is 6.54 Å². The maximum absolute atomic E-state index is 12.7. The molecular formula is C10H10F8N2O2. The maximum Gasteiger partial charge on any atom is 0.471 e. The molecule has 12 heteroatoms. The van der Waals surface area contributed by atoms with Crippen molar-refractivity contribution in [3.05, 3.63) is 0 Å². The van der Waals surface area contributed by atoms with Gasteiger partial charge in [-0.15, -0.1) is 0 Å². The van der Waals surface area contributed by atoms with Crippen molar-refractivity contribution in [3.8, 4) is 0 Å². The molecule has 0 saturated carbocycles. The highest BCUT2D eigenvalue weighted by Crippen LogP contribution is 2.33. The van der Waals surface area contributed by atoms with Gasteiger partial charge in [0.15, 0.2) is 0 Å². The molecule has 0 bridgehead atoms. The van der Waals surface area contributed by atoms with Crippen LogP contribution in [0.1, 0.15) is 12.8 Å². The number of nitrogens with zero attached hydrogens (tertiary/aromatic N) is 1. The van der Waals surface area contributed by atoms with Crippen LogP contribution in [0.4, 0.5) is 35.1 Å². The third-order valence-electron chi connectivity index (χ3n) is 3.02. The minimum atomic E-state index is -5.27. The lowest BCUT2D eigenvalue weighted by Gasteiger charge is -2.40. The quantitative estimate of drug-likeness (QED) is 0.779. The van der Waals surface area contributed by atoms with Crippen LogP contribution >= 0.6 is 0 Å². The Morgan fingerprint density at radius 3 is 2.00 bits per heavy atom. The van der Waals surface area contributed by atoms with Gasteiger partial charge in [-0.1, -0.05) is 0 Å². The van der Waals surface area contributed by atoms with E-state index in [4.69, 9.17) is 0 Å². The summed E-state index contributed by atoms with van der Waals surface area (Å²) >= 11 is 0. The van der Waals surface area contributed by atoms with E-state index >= 15 is 0 Å². The Morgan fingerprint density at radius 2 is 1.59 bits per heavy atom. The number of hydrogen-bond acceptors (Lipinski definition) is 2. The molecule has 0 aromatic heterocycles. The van der Waals surface area contributed by atoms with Crippen LogP contribution in [0.25, 0.3) is 0 Å². The molecule has 1 N–H and O–H groups in total. The molecule has 0 aliphatic carbocycles. The van der Waals surface area contributed by atoms with E-state index in [0.29, 0.717) is 0 Å². The number of amides is 2. The van der Waals surface area contributed by atoms with Crippen LogP contribution < -0.4 is 5.32 Å². The number of carbonyl (C=O) groups is 2. The summed E-state index contributed by atoms with van der Waals surface area (Å²) in [6.45, 7) is -1.07. The van der Waals surface area contributed by atoms with Crippen LogP contribution in [0, 0.1) is 0 Å². The van der Waals surface area contributed by atoms with Crippen molar-refractivity contribution in [2.24, 2.45) is 0 Å². The van der Waals surface area contributed by atoms with Gasteiger partial charge in [0.1, 0.15) is 6.04 Å². The monoisotopic (exact) mass is 342 g/mol. The Hall–Kier alpha value is -1.62. The van der Waals surface area contributed by atoms with Crippen molar-refractivity contribution in [2.45, 2.75) is 43.7 Å². The third kappa shape index (κ3) is 4.44. The number of nitrogens with one attached hydrogen (secondary N) is 1. The van der Waals surface area contributed by atoms with Crippen molar-refractivity contribution < 1.29 is 44.7 Å². The molecule has 0 spiro atoms. The Morgan fingerprint density at radius 1 is 1.05 bits per heavy atom. The number of hydrogen-bond donors (Lipinski definition) is 1. The summed E-state index contributed by atoms with van der Waals surface area (Å²) in [5, 5.41) is 1.38. The summed E-state index contributed by atoms with van der Waals surface area (Å²) < 4.78 is 98.9. The summed E-state index contributed by atoms with van der Waals surface area (Å²) in [5.41, 5.74) is 0. The molecule has 0 aromatic carbocycles. The van der Waals surface area contributed by atoms with Crippen molar-refractivity contribution in [1.82, 2.24) is 10.2 Å². The van der Waals surface area contributed by atoms with Crippen LogP contribution in [0.2, 0.25) is 0 Å². The molecule has 4 nitrogen and oxygen atoms in total. The number of carbonyl (C=O) groups excluding carboxylic acids is 2. The second-order valence-corrected chi connectivity index (χ2v) is 4.59. The highest BCUT2D eigenvalue weighted by molar-refractivity contribution is 5.82. The lowest BCUT2D eigenvalue weighted by molar-refractivity contribution is -0.202. The molecule has 128 valence electrons. The normalized spacial score (nSPS) is 23.6. The molecule has 0 unspecified atom stereocenters. The number of alkyl halides is 8. The van der Waals surface area contributed by atoms with Crippen LogP contribution in [0.3, 0.4) is 0 Å².